The molecule has 0 bridgehead atoms. The molecule has 0 radical (unpaired) electrons. The molecule has 5 heteroatoms. The van der Waals surface area contributed by atoms with E-state index < -0.39 is 0 Å². The number of thioether (sulfide) groups is 1. The molecule has 0 aliphatic rings. The topological polar surface area (TPSA) is 56.8 Å². The van der Waals surface area contributed by atoms with Crippen molar-refractivity contribution in [3.8, 4) is 11.5 Å². The van der Waals surface area contributed by atoms with Crippen molar-refractivity contribution in [2.75, 3.05) is 14.2 Å². The van der Waals surface area contributed by atoms with Crippen LogP contribution in [0.3, 0.4) is 0 Å². The van der Waals surface area contributed by atoms with Crippen LogP contribution in [0.1, 0.15) is 16.7 Å². The second-order valence-electron chi connectivity index (χ2n) is 5.21. The van der Waals surface area contributed by atoms with Gasteiger partial charge < -0.3 is 15.2 Å². The van der Waals surface area contributed by atoms with Crippen molar-refractivity contribution in [1.29, 1.82) is 0 Å². The maximum atomic E-state index is 6.04. The van der Waals surface area contributed by atoms with Gasteiger partial charge in [-0.05, 0) is 54.8 Å². The fraction of sp³-hybridized carbons (Fsp3) is 0.278. The molecule has 0 fully saturated rings. The van der Waals surface area contributed by atoms with Gasteiger partial charge >= 0.3 is 0 Å². The standard InChI is InChI=1S/C18H22N2O2S/c1-12-6-5-7-15(8-12)20-18(19)23-11-14-10-17(22-4)16(21-3)9-13(14)2/h5-10H,11H2,1-4H3,(H2,19,20). The van der Waals surface area contributed by atoms with Crippen molar-refractivity contribution >= 4 is 22.6 Å². The predicted octanol–water partition coefficient (Wildman–Crippen LogP) is 4.20. The van der Waals surface area contributed by atoms with Gasteiger partial charge in [-0.25, -0.2) is 4.99 Å². The van der Waals surface area contributed by atoms with Gasteiger partial charge in [0, 0.05) is 5.75 Å². The van der Waals surface area contributed by atoms with Crippen LogP contribution in [0.4, 0.5) is 5.69 Å². The number of hydrogen-bond donors (Lipinski definition) is 1. The Balaban J connectivity index is 2.11. The Morgan fingerprint density at radius 2 is 1.78 bits per heavy atom. The van der Waals surface area contributed by atoms with Crippen LogP contribution in [0.5, 0.6) is 11.5 Å². The third-order valence-corrected chi connectivity index (χ3v) is 4.30. The fourth-order valence-corrected chi connectivity index (χ4v) is 2.97. The Bertz CT molecular complexity index is 714. The molecule has 2 N–H and O–H groups in total. The summed E-state index contributed by atoms with van der Waals surface area (Å²) in [5, 5.41) is 0.546. The summed E-state index contributed by atoms with van der Waals surface area (Å²) in [5.74, 6) is 2.19. The number of aliphatic imine (C=N–C) groups is 1. The molecule has 0 amide bonds. The number of methoxy groups -OCH3 is 2. The zero-order valence-corrected chi connectivity index (χ0v) is 14.7. The average Bonchev–Trinajstić information content (AvgIpc) is 2.53. The quantitative estimate of drug-likeness (QED) is 0.659. The van der Waals surface area contributed by atoms with E-state index in [4.69, 9.17) is 15.2 Å². The van der Waals surface area contributed by atoms with Gasteiger partial charge in [0.15, 0.2) is 16.7 Å². The minimum absolute atomic E-state index is 0.546. The van der Waals surface area contributed by atoms with E-state index >= 15 is 0 Å². The number of nitrogens with two attached hydrogens (primary N) is 1. The van der Waals surface area contributed by atoms with Gasteiger partial charge in [-0.15, -0.1) is 0 Å². The Morgan fingerprint density at radius 3 is 2.43 bits per heavy atom. The Labute approximate surface area is 141 Å². The summed E-state index contributed by atoms with van der Waals surface area (Å²) in [7, 11) is 3.27. The molecule has 0 spiro atoms. The first-order chi connectivity index (χ1) is 11.0. The first kappa shape index (κ1) is 17.2. The molecule has 0 unspecified atom stereocenters. The molecule has 23 heavy (non-hydrogen) atoms. The number of rotatable bonds is 5. The summed E-state index contributed by atoms with van der Waals surface area (Å²) in [4.78, 5) is 4.44. The number of aryl methyl sites for hydroxylation is 2. The Kier molecular flexibility index (Phi) is 5.93. The molecule has 122 valence electrons. The van der Waals surface area contributed by atoms with Gasteiger partial charge in [-0.3, -0.25) is 0 Å². The number of hydrogen-bond acceptors (Lipinski definition) is 4. The van der Waals surface area contributed by atoms with Crippen LogP contribution < -0.4 is 15.2 Å². The van der Waals surface area contributed by atoms with Crippen LogP contribution in [0.2, 0.25) is 0 Å². The second-order valence-corrected chi connectivity index (χ2v) is 6.21. The highest BCUT2D eigenvalue weighted by Gasteiger charge is 2.09. The molecular weight excluding hydrogens is 308 g/mol. The maximum absolute atomic E-state index is 6.04. The van der Waals surface area contributed by atoms with E-state index in [1.54, 1.807) is 14.2 Å². The Morgan fingerprint density at radius 1 is 1.09 bits per heavy atom. The lowest BCUT2D eigenvalue weighted by Gasteiger charge is -2.12. The highest BCUT2D eigenvalue weighted by atomic mass is 32.2. The zero-order chi connectivity index (χ0) is 16.8. The lowest BCUT2D eigenvalue weighted by atomic mass is 10.1. The van der Waals surface area contributed by atoms with Crippen molar-refractivity contribution in [3.05, 3.63) is 53.1 Å². The smallest absolute Gasteiger partial charge is 0.161 e. The third-order valence-electron chi connectivity index (χ3n) is 3.46. The van der Waals surface area contributed by atoms with Crippen LogP contribution in [0, 0.1) is 13.8 Å². The molecule has 0 aliphatic heterocycles. The molecule has 0 heterocycles. The van der Waals surface area contributed by atoms with E-state index in [9.17, 15) is 0 Å². The van der Waals surface area contributed by atoms with Crippen LogP contribution in [0.15, 0.2) is 41.4 Å². The van der Waals surface area contributed by atoms with E-state index in [1.165, 1.54) is 17.3 Å². The highest BCUT2D eigenvalue weighted by molar-refractivity contribution is 8.13. The van der Waals surface area contributed by atoms with Gasteiger partial charge in [0.05, 0.1) is 19.9 Å². The van der Waals surface area contributed by atoms with Crippen LogP contribution in [-0.4, -0.2) is 19.4 Å². The van der Waals surface area contributed by atoms with Gasteiger partial charge in [0.1, 0.15) is 0 Å². The van der Waals surface area contributed by atoms with E-state index in [0.29, 0.717) is 5.17 Å². The number of benzene rings is 2. The summed E-state index contributed by atoms with van der Waals surface area (Å²) >= 11 is 1.51. The predicted molar refractivity (Wildman–Crippen MR) is 98.0 cm³/mol. The number of nitrogens with zero attached hydrogens (tertiary/aromatic N) is 1. The lowest BCUT2D eigenvalue weighted by Crippen LogP contribution is -2.06. The van der Waals surface area contributed by atoms with E-state index in [2.05, 4.69) is 4.99 Å². The van der Waals surface area contributed by atoms with Gasteiger partial charge in [0.2, 0.25) is 0 Å². The third kappa shape index (κ3) is 4.66. The first-order valence-corrected chi connectivity index (χ1v) is 8.27. The van der Waals surface area contributed by atoms with Crippen molar-refractivity contribution in [3.63, 3.8) is 0 Å². The highest BCUT2D eigenvalue weighted by Crippen LogP contribution is 2.32. The molecule has 2 rings (SSSR count). The lowest BCUT2D eigenvalue weighted by molar-refractivity contribution is 0.354. The largest absolute Gasteiger partial charge is 0.493 e. The molecule has 0 aromatic heterocycles. The molecular formula is C18H22N2O2S. The zero-order valence-electron chi connectivity index (χ0n) is 13.9. The minimum atomic E-state index is 0.546. The van der Waals surface area contributed by atoms with Crippen LogP contribution in [0.25, 0.3) is 0 Å². The van der Waals surface area contributed by atoms with Crippen molar-refractivity contribution in [2.24, 2.45) is 10.7 Å². The maximum Gasteiger partial charge on any atom is 0.161 e. The molecule has 0 saturated heterocycles. The Hall–Kier alpha value is -2.14. The number of amidine groups is 1. The van der Waals surface area contributed by atoms with Gasteiger partial charge in [-0.1, -0.05) is 23.9 Å². The second kappa shape index (κ2) is 7.92. The van der Waals surface area contributed by atoms with Crippen LogP contribution >= 0.6 is 11.8 Å². The average molecular weight is 330 g/mol. The first-order valence-electron chi connectivity index (χ1n) is 7.28. The molecule has 0 aliphatic carbocycles. The minimum Gasteiger partial charge on any atom is -0.493 e. The molecule has 4 nitrogen and oxygen atoms in total. The van der Waals surface area contributed by atoms with Gasteiger partial charge in [0.25, 0.3) is 0 Å². The van der Waals surface area contributed by atoms with Crippen molar-refractivity contribution in [2.45, 2.75) is 19.6 Å². The summed E-state index contributed by atoms with van der Waals surface area (Å²) in [6, 6.07) is 11.9. The van der Waals surface area contributed by atoms with Crippen molar-refractivity contribution < 1.29 is 9.47 Å². The molecule has 0 saturated carbocycles. The van der Waals surface area contributed by atoms with E-state index in [0.717, 1.165) is 34.1 Å². The summed E-state index contributed by atoms with van der Waals surface area (Å²) in [6.07, 6.45) is 0. The normalized spacial score (nSPS) is 11.4. The fourth-order valence-electron chi connectivity index (χ4n) is 2.19. The van der Waals surface area contributed by atoms with Crippen LogP contribution in [-0.2, 0) is 5.75 Å². The summed E-state index contributed by atoms with van der Waals surface area (Å²) in [5.41, 5.74) is 10.4. The monoisotopic (exact) mass is 330 g/mol. The molecule has 2 aromatic rings. The van der Waals surface area contributed by atoms with E-state index in [-0.39, 0.29) is 0 Å². The van der Waals surface area contributed by atoms with Gasteiger partial charge in [-0.2, -0.15) is 0 Å². The van der Waals surface area contributed by atoms with E-state index in [1.807, 2.05) is 50.2 Å². The SMILES string of the molecule is COc1cc(C)c(CSC(N)=Nc2cccc(C)c2)cc1OC. The molecule has 2 aromatic carbocycles. The number of ether oxygens (including phenoxy) is 2. The van der Waals surface area contributed by atoms with Crippen molar-refractivity contribution in [1.82, 2.24) is 0 Å². The molecule has 0 atom stereocenters. The summed E-state index contributed by atoms with van der Waals surface area (Å²) in [6.45, 7) is 4.08. The summed E-state index contributed by atoms with van der Waals surface area (Å²) < 4.78 is 10.7.